The van der Waals surface area contributed by atoms with E-state index in [1.807, 2.05) is 0 Å². The first-order valence-corrected chi connectivity index (χ1v) is 1.13. The summed E-state index contributed by atoms with van der Waals surface area (Å²) >= 11 is 0. The molecular formula is C2H6CoO2Ti. The standard InChI is InChI=1S/C2H6O2.Co.Ti/c3-1-2-4;;/h3-4H,1-2H2;;. The molecule has 0 aliphatic carbocycles. The van der Waals surface area contributed by atoms with Crippen LogP contribution in [0.2, 0.25) is 0 Å². The van der Waals surface area contributed by atoms with Gasteiger partial charge in [0.25, 0.3) is 0 Å². The van der Waals surface area contributed by atoms with Gasteiger partial charge in [-0.15, -0.1) is 0 Å². The fraction of sp³-hybridized carbons (Fsp3) is 1.00. The van der Waals surface area contributed by atoms with Crippen molar-refractivity contribution >= 4 is 0 Å². The second-order valence-corrected chi connectivity index (χ2v) is 0.447. The summed E-state index contributed by atoms with van der Waals surface area (Å²) in [6.07, 6.45) is 0. The Hall–Kier alpha value is 1.14. The van der Waals surface area contributed by atoms with Crippen molar-refractivity contribution in [3.63, 3.8) is 0 Å². The van der Waals surface area contributed by atoms with Crippen LogP contribution in [0, 0.1) is 0 Å². The van der Waals surface area contributed by atoms with Crippen molar-refractivity contribution < 1.29 is 48.7 Å². The Morgan fingerprint density at radius 2 is 1.17 bits per heavy atom. The minimum atomic E-state index is -0.125. The van der Waals surface area contributed by atoms with Crippen LogP contribution in [0.25, 0.3) is 0 Å². The van der Waals surface area contributed by atoms with Crippen molar-refractivity contribution in [2.24, 2.45) is 0 Å². The number of rotatable bonds is 1. The van der Waals surface area contributed by atoms with E-state index in [2.05, 4.69) is 0 Å². The second-order valence-electron chi connectivity index (χ2n) is 0.447. The van der Waals surface area contributed by atoms with Crippen LogP contribution in [0.3, 0.4) is 0 Å². The molecule has 2 N–H and O–H groups in total. The maximum atomic E-state index is 7.62. The van der Waals surface area contributed by atoms with Crippen molar-refractivity contribution in [3.8, 4) is 0 Å². The molecule has 6 heavy (non-hydrogen) atoms. The number of hydrogen-bond acceptors (Lipinski definition) is 2. The van der Waals surface area contributed by atoms with Crippen molar-refractivity contribution in [2.75, 3.05) is 13.2 Å². The van der Waals surface area contributed by atoms with Gasteiger partial charge in [-0.05, 0) is 0 Å². The van der Waals surface area contributed by atoms with Gasteiger partial charge in [-0.3, -0.25) is 0 Å². The van der Waals surface area contributed by atoms with Crippen LogP contribution >= 0.6 is 0 Å². The van der Waals surface area contributed by atoms with Crippen LogP contribution < -0.4 is 0 Å². The first-order chi connectivity index (χ1) is 1.91. The maximum absolute atomic E-state index is 7.62. The Bertz CT molecular complexity index is 13.5. The van der Waals surface area contributed by atoms with E-state index in [0.717, 1.165) is 0 Å². The Morgan fingerprint density at radius 1 is 1.00 bits per heavy atom. The average Bonchev–Trinajstić information content (AvgIpc) is 1.37. The van der Waals surface area contributed by atoms with E-state index in [1.54, 1.807) is 0 Å². The van der Waals surface area contributed by atoms with E-state index in [9.17, 15) is 0 Å². The summed E-state index contributed by atoms with van der Waals surface area (Å²) in [6.45, 7) is -0.250. The van der Waals surface area contributed by atoms with Gasteiger partial charge in [0.1, 0.15) is 0 Å². The average molecular weight is 169 g/mol. The molecule has 39 valence electrons. The molecule has 0 aliphatic rings. The summed E-state index contributed by atoms with van der Waals surface area (Å²) in [6, 6.07) is 0. The van der Waals surface area contributed by atoms with Crippen LogP contribution in [0.15, 0.2) is 0 Å². The van der Waals surface area contributed by atoms with Crippen LogP contribution in [-0.4, -0.2) is 23.4 Å². The van der Waals surface area contributed by atoms with Crippen LogP contribution in [0.5, 0.6) is 0 Å². The molecule has 0 aromatic rings. The molecule has 0 spiro atoms. The number of aliphatic hydroxyl groups is 2. The molecule has 0 amide bonds. The summed E-state index contributed by atoms with van der Waals surface area (Å²) in [7, 11) is 0. The molecule has 1 radical (unpaired) electrons. The van der Waals surface area contributed by atoms with E-state index >= 15 is 0 Å². The van der Waals surface area contributed by atoms with Gasteiger partial charge in [-0.1, -0.05) is 0 Å². The topological polar surface area (TPSA) is 40.5 Å². The molecule has 0 aromatic carbocycles. The predicted octanol–water partition coefficient (Wildman–Crippen LogP) is -1.03. The molecule has 0 atom stereocenters. The van der Waals surface area contributed by atoms with Gasteiger partial charge in [-0.25, -0.2) is 0 Å². The van der Waals surface area contributed by atoms with Crippen molar-refractivity contribution in [3.05, 3.63) is 0 Å². The SMILES string of the molecule is OCCO.[Co].[Ti]. The summed E-state index contributed by atoms with van der Waals surface area (Å²) in [5, 5.41) is 15.2. The van der Waals surface area contributed by atoms with E-state index in [1.165, 1.54) is 0 Å². The molecular weight excluding hydrogens is 163 g/mol. The number of hydrogen-bond donors (Lipinski definition) is 2. The maximum Gasteiger partial charge on any atom is 0.0662 e. The summed E-state index contributed by atoms with van der Waals surface area (Å²) < 4.78 is 0. The zero-order chi connectivity index (χ0) is 3.41. The summed E-state index contributed by atoms with van der Waals surface area (Å²) in [4.78, 5) is 0. The normalized spacial score (nSPS) is 5.00. The van der Waals surface area contributed by atoms with Gasteiger partial charge in [0.2, 0.25) is 0 Å². The molecule has 0 saturated heterocycles. The third-order valence-electron chi connectivity index (χ3n) is 0.1000. The largest absolute Gasteiger partial charge is 0.394 e. The quantitative estimate of drug-likeness (QED) is 0.492. The molecule has 2 nitrogen and oxygen atoms in total. The van der Waals surface area contributed by atoms with Crippen molar-refractivity contribution in [1.29, 1.82) is 0 Å². The third kappa shape index (κ3) is 19.2. The van der Waals surface area contributed by atoms with Gasteiger partial charge >= 0.3 is 0 Å². The smallest absolute Gasteiger partial charge is 0.0662 e. The molecule has 4 heteroatoms. The third-order valence-corrected chi connectivity index (χ3v) is 0.1000. The minimum Gasteiger partial charge on any atom is -0.394 e. The van der Waals surface area contributed by atoms with Crippen LogP contribution in [-0.2, 0) is 38.5 Å². The summed E-state index contributed by atoms with van der Waals surface area (Å²) in [5.74, 6) is 0. The Morgan fingerprint density at radius 3 is 1.17 bits per heavy atom. The monoisotopic (exact) mass is 169 g/mol. The molecule has 0 aliphatic heterocycles. The molecule has 0 aromatic heterocycles. The molecule has 0 fully saturated rings. The van der Waals surface area contributed by atoms with Crippen LogP contribution in [0.4, 0.5) is 0 Å². The second kappa shape index (κ2) is 16.5. The number of aliphatic hydroxyl groups excluding tert-OH is 2. The first-order valence-electron chi connectivity index (χ1n) is 1.13. The predicted molar refractivity (Wildman–Crippen MR) is 14.2 cm³/mol. The fourth-order valence-electron chi connectivity index (χ4n) is 0. The molecule has 0 rings (SSSR count). The van der Waals surface area contributed by atoms with Crippen molar-refractivity contribution in [2.45, 2.75) is 0 Å². The van der Waals surface area contributed by atoms with Crippen LogP contribution in [0.1, 0.15) is 0 Å². The van der Waals surface area contributed by atoms with E-state index in [0.29, 0.717) is 0 Å². The molecule has 0 unspecified atom stereocenters. The van der Waals surface area contributed by atoms with Gasteiger partial charge in [-0.2, -0.15) is 0 Å². The zero-order valence-corrected chi connectivity index (χ0v) is 5.74. The van der Waals surface area contributed by atoms with E-state index in [-0.39, 0.29) is 51.7 Å². The zero-order valence-electron chi connectivity index (χ0n) is 3.14. The van der Waals surface area contributed by atoms with Gasteiger partial charge in [0.15, 0.2) is 0 Å². The molecule has 0 saturated carbocycles. The van der Waals surface area contributed by atoms with E-state index in [4.69, 9.17) is 10.2 Å². The Balaban J connectivity index is -0.0000000450. The molecule has 0 bridgehead atoms. The fourth-order valence-corrected chi connectivity index (χ4v) is 0. The molecule has 0 heterocycles. The van der Waals surface area contributed by atoms with E-state index < -0.39 is 0 Å². The van der Waals surface area contributed by atoms with Gasteiger partial charge in [0.05, 0.1) is 13.2 Å². The minimum absolute atomic E-state index is 0. The first kappa shape index (κ1) is 15.7. The van der Waals surface area contributed by atoms with Crippen molar-refractivity contribution in [1.82, 2.24) is 0 Å². The Labute approximate surface area is 62.0 Å². The van der Waals surface area contributed by atoms with Gasteiger partial charge in [0, 0.05) is 38.5 Å². The Kier molecular flexibility index (Phi) is 43.1. The summed E-state index contributed by atoms with van der Waals surface area (Å²) in [5.41, 5.74) is 0. The van der Waals surface area contributed by atoms with Gasteiger partial charge < -0.3 is 10.2 Å².